The van der Waals surface area contributed by atoms with Gasteiger partial charge in [-0.3, -0.25) is 0 Å². The third-order valence-electron chi connectivity index (χ3n) is 2.83. The third-order valence-corrected chi connectivity index (χ3v) is 4.04. The van der Waals surface area contributed by atoms with Crippen LogP contribution in [0.25, 0.3) is 0 Å². The maximum Gasteiger partial charge on any atom is 0.337 e. The van der Waals surface area contributed by atoms with Crippen molar-refractivity contribution < 1.29 is 9.90 Å². The number of nitrogens with two attached hydrogens (primary N) is 1. The van der Waals surface area contributed by atoms with Crippen molar-refractivity contribution in [2.45, 2.75) is 6.92 Å². The number of hydrogen-bond donors (Lipinski definition) is 3. The summed E-state index contributed by atoms with van der Waals surface area (Å²) in [5.74, 6) is -1.05. The molecule has 0 amide bonds. The molecule has 4 N–H and O–H groups in total. The van der Waals surface area contributed by atoms with Gasteiger partial charge in [0.25, 0.3) is 0 Å². The minimum absolute atomic E-state index is 0.0838. The summed E-state index contributed by atoms with van der Waals surface area (Å²) in [5, 5.41) is 12.9. The Balaban J connectivity index is 2.38. The first-order chi connectivity index (χ1) is 9.38. The summed E-state index contributed by atoms with van der Waals surface area (Å²) in [7, 11) is 0. The zero-order valence-electron chi connectivity index (χ0n) is 10.6. The number of nitrogens with one attached hydrogen (secondary N) is 1. The Labute approximate surface area is 129 Å². The molecular formula is C14H12BrClN2O2. The highest BCUT2D eigenvalue weighted by atomic mass is 79.9. The van der Waals surface area contributed by atoms with E-state index in [4.69, 9.17) is 22.4 Å². The van der Waals surface area contributed by atoms with E-state index < -0.39 is 5.97 Å². The fraction of sp³-hybridized carbons (Fsp3) is 0.0714. The van der Waals surface area contributed by atoms with Crippen molar-refractivity contribution in [3.63, 3.8) is 0 Å². The molecule has 0 unspecified atom stereocenters. The molecule has 0 aliphatic carbocycles. The van der Waals surface area contributed by atoms with E-state index in [0.29, 0.717) is 16.3 Å². The van der Waals surface area contributed by atoms with E-state index in [1.165, 1.54) is 6.07 Å². The van der Waals surface area contributed by atoms with Gasteiger partial charge in [0.15, 0.2) is 0 Å². The number of hydrogen-bond acceptors (Lipinski definition) is 3. The normalized spacial score (nSPS) is 10.3. The van der Waals surface area contributed by atoms with E-state index in [9.17, 15) is 4.79 Å². The number of carbonyl (C=O) groups is 1. The second-order valence-electron chi connectivity index (χ2n) is 4.31. The first-order valence-corrected chi connectivity index (χ1v) is 6.91. The Bertz CT molecular complexity index is 689. The second kappa shape index (κ2) is 5.73. The van der Waals surface area contributed by atoms with Crippen molar-refractivity contribution in [2.24, 2.45) is 0 Å². The van der Waals surface area contributed by atoms with Crippen molar-refractivity contribution in [2.75, 3.05) is 11.1 Å². The van der Waals surface area contributed by atoms with E-state index in [0.717, 1.165) is 10.2 Å². The monoisotopic (exact) mass is 354 g/mol. The standard InChI is InChI=1S/C14H12BrClN2O2/c1-7-4-9(5-10(13(7)17)14(19)20)18-8-2-3-12(16)11(15)6-8/h2-6,18H,17H2,1H3,(H,19,20). The highest BCUT2D eigenvalue weighted by Gasteiger charge is 2.12. The SMILES string of the molecule is Cc1cc(Nc2ccc(Cl)c(Br)c2)cc(C(=O)O)c1N. The molecule has 0 spiro atoms. The van der Waals surface area contributed by atoms with Gasteiger partial charge in [0.2, 0.25) is 0 Å². The van der Waals surface area contributed by atoms with Gasteiger partial charge < -0.3 is 16.2 Å². The van der Waals surface area contributed by atoms with Crippen molar-refractivity contribution in [3.05, 3.63) is 51.0 Å². The molecule has 0 fully saturated rings. The minimum atomic E-state index is -1.05. The first kappa shape index (κ1) is 14.7. The summed E-state index contributed by atoms with van der Waals surface area (Å²) in [6.07, 6.45) is 0. The quantitative estimate of drug-likeness (QED) is 0.712. The zero-order valence-corrected chi connectivity index (χ0v) is 12.9. The molecular weight excluding hydrogens is 344 g/mol. The number of carboxylic acids is 1. The number of benzene rings is 2. The first-order valence-electron chi connectivity index (χ1n) is 5.74. The minimum Gasteiger partial charge on any atom is -0.478 e. The van der Waals surface area contributed by atoms with Crippen LogP contribution >= 0.6 is 27.5 Å². The number of carboxylic acid groups (broad SMARTS) is 1. The molecule has 4 nitrogen and oxygen atoms in total. The van der Waals surface area contributed by atoms with Crippen LogP contribution in [-0.2, 0) is 0 Å². The molecule has 0 saturated heterocycles. The van der Waals surface area contributed by atoms with Crippen molar-refractivity contribution >= 4 is 50.6 Å². The van der Waals surface area contributed by atoms with Gasteiger partial charge in [0, 0.05) is 21.5 Å². The van der Waals surface area contributed by atoms with Gasteiger partial charge in [-0.15, -0.1) is 0 Å². The van der Waals surface area contributed by atoms with Crippen LogP contribution in [0.3, 0.4) is 0 Å². The van der Waals surface area contributed by atoms with E-state index >= 15 is 0 Å². The average molecular weight is 356 g/mol. The number of aromatic carboxylic acids is 1. The molecule has 0 heterocycles. The number of halogens is 2. The number of nitrogen functional groups attached to an aromatic ring is 1. The molecule has 0 bridgehead atoms. The van der Waals surface area contributed by atoms with Crippen LogP contribution in [0.1, 0.15) is 15.9 Å². The van der Waals surface area contributed by atoms with E-state index in [1.807, 2.05) is 6.07 Å². The van der Waals surface area contributed by atoms with Gasteiger partial charge in [-0.25, -0.2) is 4.79 Å². The predicted octanol–water partition coefficient (Wildman–Crippen LogP) is 4.43. The average Bonchev–Trinajstić information content (AvgIpc) is 2.37. The number of aryl methyl sites for hydroxylation is 1. The Hall–Kier alpha value is -1.72. The topological polar surface area (TPSA) is 75.3 Å². The Morgan fingerprint density at radius 2 is 2.00 bits per heavy atom. The number of rotatable bonds is 3. The molecule has 2 aromatic carbocycles. The summed E-state index contributed by atoms with van der Waals surface area (Å²) in [5.41, 5.74) is 8.28. The molecule has 6 heteroatoms. The van der Waals surface area contributed by atoms with E-state index in [1.54, 1.807) is 25.1 Å². The molecule has 0 saturated carbocycles. The van der Waals surface area contributed by atoms with Crippen LogP contribution in [0.2, 0.25) is 5.02 Å². The smallest absolute Gasteiger partial charge is 0.337 e. The van der Waals surface area contributed by atoms with Crippen molar-refractivity contribution in [1.29, 1.82) is 0 Å². The molecule has 2 aromatic rings. The summed E-state index contributed by atoms with van der Waals surface area (Å²) in [4.78, 5) is 11.1. The summed E-state index contributed by atoms with van der Waals surface area (Å²) in [6.45, 7) is 1.77. The molecule has 0 aliphatic rings. The van der Waals surface area contributed by atoms with Crippen LogP contribution in [-0.4, -0.2) is 11.1 Å². The van der Waals surface area contributed by atoms with Gasteiger partial charge in [-0.2, -0.15) is 0 Å². The Morgan fingerprint density at radius 1 is 1.30 bits per heavy atom. The zero-order chi connectivity index (χ0) is 14.9. The lowest BCUT2D eigenvalue weighted by Gasteiger charge is -2.12. The van der Waals surface area contributed by atoms with Crippen molar-refractivity contribution in [1.82, 2.24) is 0 Å². The lowest BCUT2D eigenvalue weighted by atomic mass is 10.1. The van der Waals surface area contributed by atoms with Crippen molar-refractivity contribution in [3.8, 4) is 0 Å². The van der Waals surface area contributed by atoms with E-state index in [2.05, 4.69) is 21.2 Å². The molecule has 0 aromatic heterocycles. The summed E-state index contributed by atoms with van der Waals surface area (Å²) in [6, 6.07) is 8.67. The van der Waals surface area contributed by atoms with Gasteiger partial charge in [-0.05, 0) is 58.7 Å². The van der Waals surface area contributed by atoms with Crippen LogP contribution in [0.4, 0.5) is 17.1 Å². The lowest BCUT2D eigenvalue weighted by Crippen LogP contribution is -2.05. The molecule has 0 aliphatic heterocycles. The molecule has 0 radical (unpaired) electrons. The Morgan fingerprint density at radius 3 is 2.60 bits per heavy atom. The largest absolute Gasteiger partial charge is 0.478 e. The maximum absolute atomic E-state index is 11.1. The van der Waals surface area contributed by atoms with E-state index in [-0.39, 0.29) is 11.3 Å². The van der Waals surface area contributed by atoms with Gasteiger partial charge in [0.05, 0.1) is 10.6 Å². The van der Waals surface area contributed by atoms with Crippen LogP contribution in [0, 0.1) is 6.92 Å². The van der Waals surface area contributed by atoms with Gasteiger partial charge in [0.1, 0.15) is 0 Å². The molecule has 20 heavy (non-hydrogen) atoms. The second-order valence-corrected chi connectivity index (χ2v) is 5.57. The Kier molecular flexibility index (Phi) is 4.20. The number of anilines is 3. The van der Waals surface area contributed by atoms with Crippen LogP contribution in [0.5, 0.6) is 0 Å². The summed E-state index contributed by atoms with van der Waals surface area (Å²) >= 11 is 9.26. The lowest BCUT2D eigenvalue weighted by molar-refractivity contribution is 0.0698. The molecule has 104 valence electrons. The van der Waals surface area contributed by atoms with Crippen LogP contribution < -0.4 is 11.1 Å². The van der Waals surface area contributed by atoms with Gasteiger partial charge >= 0.3 is 5.97 Å². The highest BCUT2D eigenvalue weighted by Crippen LogP contribution is 2.29. The highest BCUT2D eigenvalue weighted by molar-refractivity contribution is 9.10. The van der Waals surface area contributed by atoms with Gasteiger partial charge in [-0.1, -0.05) is 11.6 Å². The molecule has 0 atom stereocenters. The maximum atomic E-state index is 11.1. The summed E-state index contributed by atoms with van der Waals surface area (Å²) < 4.78 is 0.759. The third kappa shape index (κ3) is 3.05. The van der Waals surface area contributed by atoms with Crippen LogP contribution in [0.15, 0.2) is 34.8 Å². The molecule has 2 rings (SSSR count). The predicted molar refractivity (Wildman–Crippen MR) is 85.0 cm³/mol. The fourth-order valence-corrected chi connectivity index (χ4v) is 2.28. The fourth-order valence-electron chi connectivity index (χ4n) is 1.79.